The molecule has 2 aliphatic rings. The molecule has 3 rings (SSSR count). The number of amides is 1. The number of fused-ring (bicyclic) bond motifs is 1. The van der Waals surface area contributed by atoms with Crippen LogP contribution >= 0.6 is 0 Å². The van der Waals surface area contributed by atoms with Crippen molar-refractivity contribution in [2.75, 3.05) is 31.7 Å². The Balaban J connectivity index is 1.86. The molecule has 1 amide bonds. The van der Waals surface area contributed by atoms with Gasteiger partial charge in [-0.1, -0.05) is 13.8 Å². The normalized spacial score (nSPS) is 22.7. The van der Waals surface area contributed by atoms with E-state index in [1.807, 2.05) is 6.20 Å². The molecule has 126 valence electrons. The molecule has 0 spiro atoms. The molecule has 2 heterocycles. The number of carbonyl (C=O) groups excluding carboxylic acids is 1. The summed E-state index contributed by atoms with van der Waals surface area (Å²) in [5.41, 5.74) is 2.23. The van der Waals surface area contributed by atoms with Gasteiger partial charge in [-0.2, -0.15) is 0 Å². The lowest BCUT2D eigenvalue weighted by atomic mass is 9.74. The third-order valence-corrected chi connectivity index (χ3v) is 4.66. The SMILES string of the molecule is COCC(=O)NC1CC(C)(C)Cc2nc(N3CCCC3)ncc21. The minimum Gasteiger partial charge on any atom is -0.375 e. The summed E-state index contributed by atoms with van der Waals surface area (Å²) in [5.74, 6) is 0.741. The van der Waals surface area contributed by atoms with Crippen LogP contribution in [0.2, 0.25) is 0 Å². The van der Waals surface area contributed by atoms with E-state index in [2.05, 4.69) is 29.0 Å². The van der Waals surface area contributed by atoms with Crippen LogP contribution in [0, 0.1) is 5.41 Å². The van der Waals surface area contributed by atoms with Gasteiger partial charge in [-0.3, -0.25) is 4.79 Å². The molecule has 1 aromatic heterocycles. The first-order valence-corrected chi connectivity index (χ1v) is 8.37. The van der Waals surface area contributed by atoms with Crippen LogP contribution in [0.25, 0.3) is 0 Å². The molecule has 23 heavy (non-hydrogen) atoms. The molecule has 1 saturated heterocycles. The largest absolute Gasteiger partial charge is 0.375 e. The molecule has 0 bridgehead atoms. The second-order valence-corrected chi connectivity index (χ2v) is 7.36. The molecule has 1 aliphatic heterocycles. The smallest absolute Gasteiger partial charge is 0.246 e. The predicted molar refractivity (Wildman–Crippen MR) is 88.3 cm³/mol. The topological polar surface area (TPSA) is 67.3 Å². The maximum Gasteiger partial charge on any atom is 0.246 e. The van der Waals surface area contributed by atoms with E-state index >= 15 is 0 Å². The number of methoxy groups -OCH3 is 1. The fourth-order valence-corrected chi connectivity index (χ4v) is 3.60. The number of nitrogens with zero attached hydrogens (tertiary/aromatic N) is 3. The Hall–Kier alpha value is -1.69. The Morgan fingerprint density at radius 1 is 1.43 bits per heavy atom. The standard InChI is InChI=1S/C17H26N4O2/c1-17(2)8-13(19-15(22)11-23-3)12-10-18-16(20-14(12)9-17)21-6-4-5-7-21/h10,13H,4-9,11H2,1-3H3,(H,19,22). The average Bonchev–Trinajstić information content (AvgIpc) is 2.99. The van der Waals surface area contributed by atoms with Crippen molar-refractivity contribution in [3.05, 3.63) is 17.5 Å². The van der Waals surface area contributed by atoms with Crippen LogP contribution in [0.3, 0.4) is 0 Å². The molecular weight excluding hydrogens is 292 g/mol. The number of carbonyl (C=O) groups is 1. The van der Waals surface area contributed by atoms with Crippen molar-refractivity contribution in [2.24, 2.45) is 5.41 Å². The molecule has 6 nitrogen and oxygen atoms in total. The van der Waals surface area contributed by atoms with Crippen molar-refractivity contribution < 1.29 is 9.53 Å². The summed E-state index contributed by atoms with van der Waals surface area (Å²) in [4.78, 5) is 23.6. The van der Waals surface area contributed by atoms with E-state index in [-0.39, 0.29) is 24.0 Å². The Morgan fingerprint density at radius 3 is 2.87 bits per heavy atom. The minimum absolute atomic E-state index is 0.0379. The van der Waals surface area contributed by atoms with Gasteiger partial charge in [0.25, 0.3) is 0 Å². The summed E-state index contributed by atoms with van der Waals surface area (Å²) >= 11 is 0. The second kappa shape index (κ2) is 6.43. The number of anilines is 1. The van der Waals surface area contributed by atoms with Crippen LogP contribution in [0.1, 0.15) is 50.4 Å². The van der Waals surface area contributed by atoms with Gasteiger partial charge in [0.05, 0.1) is 11.7 Å². The van der Waals surface area contributed by atoms with E-state index in [0.29, 0.717) is 0 Å². The van der Waals surface area contributed by atoms with Gasteiger partial charge >= 0.3 is 0 Å². The van der Waals surface area contributed by atoms with Gasteiger partial charge in [0.15, 0.2) is 0 Å². The van der Waals surface area contributed by atoms with E-state index in [1.54, 1.807) is 0 Å². The summed E-state index contributed by atoms with van der Waals surface area (Å²) in [7, 11) is 1.53. The fourth-order valence-electron chi connectivity index (χ4n) is 3.60. The molecule has 1 aromatic rings. The van der Waals surface area contributed by atoms with E-state index in [4.69, 9.17) is 9.72 Å². The number of nitrogens with one attached hydrogen (secondary N) is 1. The molecule has 1 atom stereocenters. The molecule has 0 saturated carbocycles. The lowest BCUT2D eigenvalue weighted by Crippen LogP contribution is -2.38. The van der Waals surface area contributed by atoms with Crippen molar-refractivity contribution in [2.45, 2.75) is 45.6 Å². The number of hydrogen-bond acceptors (Lipinski definition) is 5. The van der Waals surface area contributed by atoms with Gasteiger partial charge in [0.1, 0.15) is 6.61 Å². The lowest BCUT2D eigenvalue weighted by Gasteiger charge is -2.36. The van der Waals surface area contributed by atoms with E-state index in [9.17, 15) is 4.79 Å². The maximum absolute atomic E-state index is 11.9. The Morgan fingerprint density at radius 2 is 2.17 bits per heavy atom. The quantitative estimate of drug-likeness (QED) is 0.918. The number of rotatable bonds is 4. The van der Waals surface area contributed by atoms with Gasteiger partial charge in [-0.25, -0.2) is 9.97 Å². The highest BCUT2D eigenvalue weighted by atomic mass is 16.5. The zero-order valence-electron chi connectivity index (χ0n) is 14.3. The van der Waals surface area contributed by atoms with Gasteiger partial charge in [-0.05, 0) is 31.1 Å². The van der Waals surface area contributed by atoms with Crippen molar-refractivity contribution >= 4 is 11.9 Å². The molecule has 0 radical (unpaired) electrons. The monoisotopic (exact) mass is 318 g/mol. The maximum atomic E-state index is 11.9. The summed E-state index contributed by atoms with van der Waals surface area (Å²) in [6.07, 6.45) is 6.14. The third-order valence-electron chi connectivity index (χ3n) is 4.66. The Kier molecular flexibility index (Phi) is 4.53. The highest BCUT2D eigenvalue weighted by Gasteiger charge is 2.34. The first-order valence-electron chi connectivity index (χ1n) is 8.37. The summed E-state index contributed by atoms with van der Waals surface area (Å²) in [6, 6.07) is -0.0379. The van der Waals surface area contributed by atoms with Crippen molar-refractivity contribution in [3.63, 3.8) is 0 Å². The Bertz CT molecular complexity index is 582. The van der Waals surface area contributed by atoms with Gasteiger partial charge in [0.2, 0.25) is 11.9 Å². The van der Waals surface area contributed by atoms with Crippen LogP contribution in [-0.2, 0) is 16.0 Å². The third kappa shape index (κ3) is 3.63. The van der Waals surface area contributed by atoms with Crippen LogP contribution < -0.4 is 10.2 Å². The summed E-state index contributed by atoms with van der Waals surface area (Å²) < 4.78 is 4.92. The molecule has 0 aromatic carbocycles. The van der Waals surface area contributed by atoms with E-state index in [1.165, 1.54) is 20.0 Å². The van der Waals surface area contributed by atoms with E-state index < -0.39 is 0 Å². The number of aromatic nitrogens is 2. The first-order chi connectivity index (χ1) is 11.0. The first kappa shape index (κ1) is 16.2. The molecule has 1 fully saturated rings. The molecular formula is C17H26N4O2. The molecule has 1 aliphatic carbocycles. The highest BCUT2D eigenvalue weighted by Crippen LogP contribution is 2.40. The average molecular weight is 318 g/mol. The minimum atomic E-state index is -0.0928. The number of hydrogen-bond donors (Lipinski definition) is 1. The van der Waals surface area contributed by atoms with Crippen LogP contribution in [0.5, 0.6) is 0 Å². The fraction of sp³-hybridized carbons (Fsp3) is 0.706. The highest BCUT2D eigenvalue weighted by molar-refractivity contribution is 5.77. The summed E-state index contributed by atoms with van der Waals surface area (Å²) in [5, 5.41) is 3.06. The van der Waals surface area contributed by atoms with Gasteiger partial charge < -0.3 is 15.0 Å². The van der Waals surface area contributed by atoms with Crippen LogP contribution in [0.15, 0.2) is 6.20 Å². The number of ether oxygens (including phenoxy) is 1. The second-order valence-electron chi connectivity index (χ2n) is 7.36. The summed E-state index contributed by atoms with van der Waals surface area (Å²) in [6.45, 7) is 6.61. The molecule has 1 unspecified atom stereocenters. The van der Waals surface area contributed by atoms with Crippen molar-refractivity contribution in [3.8, 4) is 0 Å². The van der Waals surface area contributed by atoms with E-state index in [0.717, 1.165) is 43.1 Å². The lowest BCUT2D eigenvalue weighted by molar-refractivity contribution is -0.125. The molecule has 1 N–H and O–H groups in total. The Labute approximate surface area is 137 Å². The van der Waals surface area contributed by atoms with Crippen LogP contribution in [0.4, 0.5) is 5.95 Å². The van der Waals surface area contributed by atoms with Gasteiger partial charge in [0, 0.05) is 32.0 Å². The molecule has 6 heteroatoms. The zero-order chi connectivity index (χ0) is 16.4. The zero-order valence-corrected chi connectivity index (χ0v) is 14.3. The van der Waals surface area contributed by atoms with Crippen molar-refractivity contribution in [1.29, 1.82) is 0 Å². The predicted octanol–water partition coefficient (Wildman–Crippen LogP) is 1.85. The van der Waals surface area contributed by atoms with Crippen LogP contribution in [-0.4, -0.2) is 42.7 Å². The van der Waals surface area contributed by atoms with Crippen molar-refractivity contribution in [1.82, 2.24) is 15.3 Å². The van der Waals surface area contributed by atoms with Gasteiger partial charge in [-0.15, -0.1) is 0 Å².